The number of nitrogens with zero attached hydrogens (tertiary/aromatic N) is 1. The zero-order valence-electron chi connectivity index (χ0n) is 13.9. The van der Waals surface area contributed by atoms with Gasteiger partial charge in [-0.05, 0) is 18.9 Å². The van der Waals surface area contributed by atoms with Crippen LogP contribution >= 0.6 is 0 Å². The van der Waals surface area contributed by atoms with Crippen LogP contribution in [0.25, 0.3) is 0 Å². The second kappa shape index (κ2) is 7.73. The van der Waals surface area contributed by atoms with Crippen molar-refractivity contribution in [2.45, 2.75) is 26.3 Å². The van der Waals surface area contributed by atoms with E-state index in [1.54, 1.807) is 20.8 Å². The maximum atomic E-state index is 13.7. The average molecular weight is 339 g/mol. The monoisotopic (exact) mass is 339 g/mol. The summed E-state index contributed by atoms with van der Waals surface area (Å²) in [4.78, 5) is 23.3. The van der Waals surface area contributed by atoms with Crippen LogP contribution in [-0.2, 0) is 9.53 Å². The molecule has 24 heavy (non-hydrogen) atoms. The third-order valence-corrected chi connectivity index (χ3v) is 3.69. The van der Waals surface area contributed by atoms with Gasteiger partial charge in [-0.25, -0.2) is 13.6 Å². The number of nitrogens with one attached hydrogen (secondary N) is 2. The van der Waals surface area contributed by atoms with E-state index < -0.39 is 34.6 Å². The number of benzene rings is 1. The fourth-order valence-corrected chi connectivity index (χ4v) is 1.76. The summed E-state index contributed by atoms with van der Waals surface area (Å²) in [5, 5.41) is 14.2. The molecule has 6 nitrogen and oxygen atoms in total. The molecule has 1 atom stereocenters. The number of methoxy groups -OCH3 is 1. The van der Waals surface area contributed by atoms with Gasteiger partial charge in [0.25, 0.3) is 0 Å². The number of rotatable bonds is 6. The average Bonchev–Trinajstić information content (AvgIpc) is 2.52. The van der Waals surface area contributed by atoms with E-state index in [0.717, 1.165) is 13.2 Å². The number of carbonyl (C=O) groups excluding carboxylic acids is 2. The number of anilines is 1. The third-order valence-electron chi connectivity index (χ3n) is 3.69. The molecular weight excluding hydrogens is 320 g/mol. The normalized spacial score (nSPS) is 12.9. The number of carbonyl (C=O) groups is 2. The molecule has 0 bridgehead atoms. The van der Waals surface area contributed by atoms with Gasteiger partial charge in [-0.3, -0.25) is 4.79 Å². The molecule has 0 heterocycles. The minimum atomic E-state index is -1.07. The molecule has 1 aromatic rings. The molecule has 0 saturated heterocycles. The Hall–Kier alpha value is -2.69. The van der Waals surface area contributed by atoms with Gasteiger partial charge in [0, 0.05) is 6.07 Å². The molecule has 1 amide bonds. The second-order valence-corrected chi connectivity index (χ2v) is 5.67. The van der Waals surface area contributed by atoms with E-state index in [4.69, 9.17) is 5.26 Å². The molecule has 1 rings (SSSR count). The Balaban J connectivity index is 2.86. The highest BCUT2D eigenvalue weighted by molar-refractivity contribution is 5.91. The lowest BCUT2D eigenvalue weighted by molar-refractivity contribution is -0.121. The van der Waals surface area contributed by atoms with Gasteiger partial charge in [-0.2, -0.15) is 5.26 Å². The number of nitriles is 1. The van der Waals surface area contributed by atoms with Gasteiger partial charge in [-0.1, -0.05) is 13.8 Å². The number of halogens is 2. The topological polar surface area (TPSA) is 91.2 Å². The van der Waals surface area contributed by atoms with Crippen molar-refractivity contribution >= 4 is 17.6 Å². The molecule has 0 fully saturated rings. The third kappa shape index (κ3) is 4.41. The highest BCUT2D eigenvalue weighted by Crippen LogP contribution is 2.20. The Morgan fingerprint density at radius 3 is 2.46 bits per heavy atom. The van der Waals surface area contributed by atoms with Crippen LogP contribution in [0.1, 0.15) is 31.1 Å². The van der Waals surface area contributed by atoms with Gasteiger partial charge in [0.2, 0.25) is 5.91 Å². The van der Waals surface area contributed by atoms with Crippen molar-refractivity contribution in [3.63, 3.8) is 0 Å². The fraction of sp³-hybridized carbons (Fsp3) is 0.438. The minimum absolute atomic E-state index is 0.139. The number of ether oxygens (including phenoxy) is 1. The number of hydrogen-bond acceptors (Lipinski definition) is 5. The van der Waals surface area contributed by atoms with Gasteiger partial charge in [-0.15, -0.1) is 0 Å². The van der Waals surface area contributed by atoms with Crippen molar-refractivity contribution in [2.24, 2.45) is 5.92 Å². The molecule has 0 aromatic heterocycles. The Labute approximate surface area is 138 Å². The van der Waals surface area contributed by atoms with Crippen molar-refractivity contribution in [1.82, 2.24) is 5.32 Å². The van der Waals surface area contributed by atoms with Crippen molar-refractivity contribution in [1.29, 1.82) is 5.26 Å². The van der Waals surface area contributed by atoms with E-state index in [0.29, 0.717) is 6.07 Å². The summed E-state index contributed by atoms with van der Waals surface area (Å²) in [7, 11) is 1.07. The Morgan fingerprint density at radius 1 is 1.33 bits per heavy atom. The molecule has 0 saturated carbocycles. The summed E-state index contributed by atoms with van der Waals surface area (Å²) in [6.07, 6.45) is 0. The van der Waals surface area contributed by atoms with Crippen LogP contribution in [0.15, 0.2) is 12.1 Å². The van der Waals surface area contributed by atoms with Crippen LogP contribution in [0.4, 0.5) is 14.5 Å². The molecule has 8 heteroatoms. The lowest BCUT2D eigenvalue weighted by Gasteiger charge is -2.27. The first kappa shape index (κ1) is 19.4. The lowest BCUT2D eigenvalue weighted by Crippen LogP contribution is -2.50. The number of hydrogen-bond donors (Lipinski definition) is 2. The zero-order chi connectivity index (χ0) is 18.5. The molecule has 0 aliphatic heterocycles. The van der Waals surface area contributed by atoms with Crippen LogP contribution in [0.2, 0.25) is 0 Å². The van der Waals surface area contributed by atoms with Crippen molar-refractivity contribution in [2.75, 3.05) is 19.0 Å². The quantitative estimate of drug-likeness (QED) is 0.776. The molecule has 0 aliphatic carbocycles. The van der Waals surface area contributed by atoms with Crippen LogP contribution in [0, 0.1) is 28.9 Å². The predicted octanol–water partition coefficient (Wildman–Crippen LogP) is 2.22. The summed E-state index contributed by atoms with van der Waals surface area (Å²) in [6.45, 7) is 4.77. The predicted molar refractivity (Wildman–Crippen MR) is 83.2 cm³/mol. The molecule has 0 radical (unpaired) electrons. The Kier molecular flexibility index (Phi) is 6.23. The summed E-state index contributed by atoms with van der Waals surface area (Å²) < 4.78 is 31.7. The van der Waals surface area contributed by atoms with Gasteiger partial charge in [0.05, 0.1) is 31.0 Å². The highest BCUT2D eigenvalue weighted by atomic mass is 19.1. The van der Waals surface area contributed by atoms with E-state index in [1.165, 1.54) is 0 Å². The van der Waals surface area contributed by atoms with Crippen LogP contribution in [-0.4, -0.2) is 31.1 Å². The van der Waals surface area contributed by atoms with Gasteiger partial charge in [0.15, 0.2) is 0 Å². The first-order valence-corrected chi connectivity index (χ1v) is 7.18. The minimum Gasteiger partial charge on any atom is -0.465 e. The molecule has 130 valence electrons. The molecule has 0 spiro atoms. The number of amides is 1. The summed E-state index contributed by atoms with van der Waals surface area (Å²) in [5.74, 6) is -3.67. The lowest BCUT2D eigenvalue weighted by atomic mass is 9.90. The van der Waals surface area contributed by atoms with Crippen LogP contribution in [0.3, 0.4) is 0 Å². The smallest absolute Gasteiger partial charge is 0.340 e. The maximum Gasteiger partial charge on any atom is 0.340 e. The molecular formula is C16H19F2N3O3. The van der Waals surface area contributed by atoms with Gasteiger partial charge in [0.1, 0.15) is 17.2 Å². The summed E-state index contributed by atoms with van der Waals surface area (Å²) >= 11 is 0. The molecule has 1 aromatic carbocycles. The standard InChI is InChI=1S/C16H19F2N3O3/c1-9(2)16(3,8-19)21-14(22)7-20-13-5-10(15(23)24-4)11(17)6-12(13)18/h5-6,9,20H,7H2,1-4H3,(H,21,22). The van der Waals surface area contributed by atoms with Gasteiger partial charge >= 0.3 is 5.97 Å². The fourth-order valence-electron chi connectivity index (χ4n) is 1.76. The SMILES string of the molecule is COC(=O)c1cc(NCC(=O)NC(C)(C#N)C(C)C)c(F)cc1F. The molecule has 1 unspecified atom stereocenters. The van der Waals surface area contributed by atoms with E-state index in [-0.39, 0.29) is 18.2 Å². The van der Waals surface area contributed by atoms with Crippen molar-refractivity contribution in [3.8, 4) is 6.07 Å². The molecule has 0 aliphatic rings. The van der Waals surface area contributed by atoms with E-state index in [9.17, 15) is 18.4 Å². The first-order valence-electron chi connectivity index (χ1n) is 7.18. The van der Waals surface area contributed by atoms with Gasteiger partial charge < -0.3 is 15.4 Å². The summed E-state index contributed by atoms with van der Waals surface area (Å²) in [5.41, 5.74) is -1.75. The largest absolute Gasteiger partial charge is 0.465 e. The number of esters is 1. The summed E-state index contributed by atoms with van der Waals surface area (Å²) in [6, 6.07) is 3.47. The van der Waals surface area contributed by atoms with Crippen molar-refractivity contribution in [3.05, 3.63) is 29.3 Å². The van der Waals surface area contributed by atoms with Crippen LogP contribution < -0.4 is 10.6 Å². The van der Waals surface area contributed by atoms with E-state index in [2.05, 4.69) is 15.4 Å². The Morgan fingerprint density at radius 2 is 1.96 bits per heavy atom. The van der Waals surface area contributed by atoms with Crippen LogP contribution in [0.5, 0.6) is 0 Å². The maximum absolute atomic E-state index is 13.7. The first-order chi connectivity index (χ1) is 11.1. The van der Waals surface area contributed by atoms with E-state index >= 15 is 0 Å². The highest BCUT2D eigenvalue weighted by Gasteiger charge is 2.29. The van der Waals surface area contributed by atoms with Crippen molar-refractivity contribution < 1.29 is 23.1 Å². The Bertz CT molecular complexity index is 686. The zero-order valence-corrected chi connectivity index (χ0v) is 13.9. The second-order valence-electron chi connectivity index (χ2n) is 5.67. The van der Waals surface area contributed by atoms with E-state index in [1.807, 2.05) is 6.07 Å². The molecule has 2 N–H and O–H groups in total.